The first kappa shape index (κ1) is 20.9. The van der Waals surface area contributed by atoms with E-state index in [9.17, 15) is 9.59 Å². The summed E-state index contributed by atoms with van der Waals surface area (Å²) in [6, 6.07) is 17.8. The van der Waals surface area contributed by atoms with Gasteiger partial charge in [-0.3, -0.25) is 4.79 Å². The number of hydrazone groups is 1. The number of benzene rings is 3. The van der Waals surface area contributed by atoms with Crippen molar-refractivity contribution in [2.24, 2.45) is 5.10 Å². The summed E-state index contributed by atoms with van der Waals surface area (Å²) in [5.74, 6) is -0.762. The molecule has 0 saturated carbocycles. The van der Waals surface area contributed by atoms with Crippen LogP contribution in [0.1, 0.15) is 26.3 Å². The van der Waals surface area contributed by atoms with Gasteiger partial charge in [-0.15, -0.1) is 0 Å². The van der Waals surface area contributed by atoms with Crippen LogP contribution >= 0.6 is 34.8 Å². The van der Waals surface area contributed by atoms with Crippen molar-refractivity contribution in [1.82, 2.24) is 5.43 Å². The number of rotatable bonds is 5. The Balaban J connectivity index is 1.66. The van der Waals surface area contributed by atoms with Crippen LogP contribution in [0.25, 0.3) is 0 Å². The molecule has 1 amide bonds. The summed E-state index contributed by atoms with van der Waals surface area (Å²) in [4.78, 5) is 24.4. The molecule has 5 nitrogen and oxygen atoms in total. The van der Waals surface area contributed by atoms with Gasteiger partial charge < -0.3 is 4.74 Å². The lowest BCUT2D eigenvalue weighted by Gasteiger charge is -2.07. The quantitative estimate of drug-likeness (QED) is 0.238. The third-order valence-corrected chi connectivity index (χ3v) is 4.60. The van der Waals surface area contributed by atoms with E-state index in [1.54, 1.807) is 54.6 Å². The normalized spacial score (nSPS) is 10.7. The smallest absolute Gasteiger partial charge is 0.345 e. The molecular formula is C21H13Cl3N2O3. The molecule has 0 spiro atoms. The first-order valence-electron chi connectivity index (χ1n) is 8.29. The van der Waals surface area contributed by atoms with Gasteiger partial charge in [0.15, 0.2) is 0 Å². The van der Waals surface area contributed by atoms with E-state index in [-0.39, 0.29) is 10.6 Å². The van der Waals surface area contributed by atoms with E-state index in [1.165, 1.54) is 18.3 Å². The number of ether oxygens (including phenoxy) is 1. The van der Waals surface area contributed by atoms with Gasteiger partial charge in [0, 0.05) is 5.02 Å². The van der Waals surface area contributed by atoms with Crippen LogP contribution in [0.3, 0.4) is 0 Å². The lowest BCUT2D eigenvalue weighted by molar-refractivity contribution is 0.0734. The third-order valence-electron chi connectivity index (χ3n) is 3.72. The Bertz CT molecular complexity index is 1100. The van der Waals surface area contributed by atoms with Gasteiger partial charge in [0.25, 0.3) is 5.91 Å². The van der Waals surface area contributed by atoms with Crippen LogP contribution in [0.2, 0.25) is 15.1 Å². The molecule has 146 valence electrons. The predicted molar refractivity (Wildman–Crippen MR) is 114 cm³/mol. The summed E-state index contributed by atoms with van der Waals surface area (Å²) in [5.41, 5.74) is 3.51. The van der Waals surface area contributed by atoms with Crippen molar-refractivity contribution in [2.75, 3.05) is 0 Å². The van der Waals surface area contributed by atoms with Crippen molar-refractivity contribution >= 4 is 52.9 Å². The van der Waals surface area contributed by atoms with Crippen LogP contribution in [0.4, 0.5) is 0 Å². The number of carbonyl (C=O) groups excluding carboxylic acids is 2. The minimum absolute atomic E-state index is 0.196. The molecule has 3 aromatic rings. The van der Waals surface area contributed by atoms with Crippen LogP contribution in [0, 0.1) is 0 Å². The highest BCUT2D eigenvalue weighted by atomic mass is 35.5. The van der Waals surface area contributed by atoms with Crippen molar-refractivity contribution in [3.8, 4) is 5.75 Å². The van der Waals surface area contributed by atoms with Crippen molar-refractivity contribution in [3.05, 3.63) is 98.5 Å². The molecule has 0 fully saturated rings. The highest BCUT2D eigenvalue weighted by Crippen LogP contribution is 2.23. The van der Waals surface area contributed by atoms with Crippen LogP contribution in [0.15, 0.2) is 71.8 Å². The van der Waals surface area contributed by atoms with Crippen molar-refractivity contribution in [1.29, 1.82) is 0 Å². The van der Waals surface area contributed by atoms with E-state index in [0.717, 1.165) is 0 Å². The zero-order valence-corrected chi connectivity index (χ0v) is 17.0. The Hall–Kier alpha value is -2.86. The molecule has 0 atom stereocenters. The maximum Gasteiger partial charge on any atom is 0.345 e. The largest absolute Gasteiger partial charge is 0.423 e. The lowest BCUT2D eigenvalue weighted by Crippen LogP contribution is -2.17. The molecule has 3 rings (SSSR count). The van der Waals surface area contributed by atoms with Gasteiger partial charge in [0.2, 0.25) is 0 Å². The second-order valence-electron chi connectivity index (χ2n) is 5.77. The first-order chi connectivity index (χ1) is 13.9. The molecule has 0 unspecified atom stereocenters. The zero-order valence-electron chi connectivity index (χ0n) is 14.7. The first-order valence-corrected chi connectivity index (χ1v) is 9.42. The molecule has 3 aromatic carbocycles. The van der Waals surface area contributed by atoms with E-state index < -0.39 is 11.9 Å². The number of hydrogen-bond acceptors (Lipinski definition) is 4. The van der Waals surface area contributed by atoms with Crippen LogP contribution < -0.4 is 10.2 Å². The molecule has 0 heterocycles. The minimum atomic E-state index is -0.618. The number of nitrogens with zero attached hydrogens (tertiary/aromatic N) is 1. The standard InChI is InChI=1S/C21H13Cl3N2O3/c22-14-8-9-17(19(24)11-14)21(28)29-15-5-3-4-13(10-15)12-25-26-20(27)16-6-1-2-7-18(16)23/h1-12H,(H,26,27)/b25-12+. The fraction of sp³-hybridized carbons (Fsp3) is 0. The summed E-state index contributed by atoms with van der Waals surface area (Å²) < 4.78 is 5.34. The fourth-order valence-corrected chi connectivity index (χ4v) is 3.05. The van der Waals surface area contributed by atoms with E-state index >= 15 is 0 Å². The van der Waals surface area contributed by atoms with Gasteiger partial charge in [-0.05, 0) is 48.0 Å². The lowest BCUT2D eigenvalue weighted by atomic mass is 10.2. The molecule has 29 heavy (non-hydrogen) atoms. The predicted octanol–water partition coefficient (Wildman–Crippen LogP) is 5.63. The number of carbonyl (C=O) groups is 2. The number of amides is 1. The van der Waals surface area contributed by atoms with Gasteiger partial charge >= 0.3 is 5.97 Å². The molecule has 8 heteroatoms. The van der Waals surface area contributed by atoms with Gasteiger partial charge in [-0.25, -0.2) is 10.2 Å². The molecule has 0 bridgehead atoms. The zero-order chi connectivity index (χ0) is 20.8. The summed E-state index contributed by atoms with van der Waals surface area (Å²) >= 11 is 17.8. The Kier molecular flexibility index (Phi) is 6.88. The van der Waals surface area contributed by atoms with Gasteiger partial charge in [0.05, 0.1) is 27.4 Å². The molecule has 0 radical (unpaired) electrons. The summed E-state index contributed by atoms with van der Waals surface area (Å²) in [5, 5.41) is 4.85. The van der Waals surface area contributed by atoms with E-state index in [1.807, 2.05) is 0 Å². The van der Waals surface area contributed by atoms with Gasteiger partial charge in [-0.1, -0.05) is 59.1 Å². The number of hydrogen-bond donors (Lipinski definition) is 1. The number of esters is 1. The second kappa shape index (κ2) is 9.56. The second-order valence-corrected chi connectivity index (χ2v) is 7.02. The summed E-state index contributed by atoms with van der Waals surface area (Å²) in [6.07, 6.45) is 1.42. The number of nitrogens with one attached hydrogen (secondary N) is 1. The van der Waals surface area contributed by atoms with Gasteiger partial charge in [0.1, 0.15) is 5.75 Å². The molecule has 0 aromatic heterocycles. The van der Waals surface area contributed by atoms with E-state index in [4.69, 9.17) is 39.5 Å². The maximum atomic E-state index is 12.3. The Morgan fingerprint density at radius 1 is 0.862 bits per heavy atom. The topological polar surface area (TPSA) is 67.8 Å². The molecule has 0 saturated heterocycles. The fourth-order valence-electron chi connectivity index (χ4n) is 2.35. The molecule has 0 aliphatic rings. The Labute approximate surface area is 181 Å². The minimum Gasteiger partial charge on any atom is -0.423 e. The van der Waals surface area contributed by atoms with E-state index in [0.29, 0.717) is 26.9 Å². The maximum absolute atomic E-state index is 12.3. The van der Waals surface area contributed by atoms with Crippen LogP contribution in [0.5, 0.6) is 5.75 Å². The summed E-state index contributed by atoms with van der Waals surface area (Å²) in [7, 11) is 0. The third kappa shape index (κ3) is 5.57. The van der Waals surface area contributed by atoms with Crippen molar-refractivity contribution in [2.45, 2.75) is 0 Å². The summed E-state index contributed by atoms with van der Waals surface area (Å²) in [6.45, 7) is 0. The van der Waals surface area contributed by atoms with E-state index in [2.05, 4.69) is 10.5 Å². The van der Waals surface area contributed by atoms with Crippen molar-refractivity contribution < 1.29 is 14.3 Å². The van der Waals surface area contributed by atoms with Crippen molar-refractivity contribution in [3.63, 3.8) is 0 Å². The highest BCUT2D eigenvalue weighted by molar-refractivity contribution is 6.36. The molecular weight excluding hydrogens is 435 g/mol. The molecule has 1 N–H and O–H groups in total. The Morgan fingerprint density at radius 3 is 2.41 bits per heavy atom. The van der Waals surface area contributed by atoms with Gasteiger partial charge in [-0.2, -0.15) is 5.10 Å². The molecule has 0 aliphatic heterocycles. The van der Waals surface area contributed by atoms with Crippen LogP contribution in [-0.4, -0.2) is 18.1 Å². The number of halogens is 3. The van der Waals surface area contributed by atoms with Crippen LogP contribution in [-0.2, 0) is 0 Å². The Morgan fingerprint density at radius 2 is 1.66 bits per heavy atom. The average Bonchev–Trinajstić information content (AvgIpc) is 2.68. The monoisotopic (exact) mass is 446 g/mol. The highest BCUT2D eigenvalue weighted by Gasteiger charge is 2.13. The SMILES string of the molecule is O=C(N/N=C/c1cccc(OC(=O)c2ccc(Cl)cc2Cl)c1)c1ccccc1Cl. The average molecular weight is 448 g/mol. The molecule has 0 aliphatic carbocycles.